The molecule has 17 nitrogen and oxygen atoms in total. The molecule has 19 heteroatoms. The molecule has 0 heterocycles. The number of hydrogen-bond donors (Lipinski definition) is 3. The van der Waals surface area contributed by atoms with Gasteiger partial charge in [0.2, 0.25) is 0 Å². The van der Waals surface area contributed by atoms with Crippen molar-refractivity contribution in [3.05, 3.63) is 0 Å². The Balaban J connectivity index is 5.24. The molecule has 0 bridgehead atoms. The highest BCUT2D eigenvalue weighted by Crippen LogP contribution is 2.45. The maximum Gasteiger partial charge on any atom is 0.472 e. The Morgan fingerprint density at radius 2 is 0.516 bits per heavy atom. The summed E-state index contributed by atoms with van der Waals surface area (Å²) in [6, 6.07) is 0. The molecule has 0 saturated carbocycles. The molecule has 0 spiro atoms. The number of hydrogen-bond acceptors (Lipinski definition) is 15. The highest BCUT2D eigenvalue weighted by molar-refractivity contribution is 7.47. The zero-order chi connectivity index (χ0) is 68.9. The molecule has 0 aromatic carbocycles. The van der Waals surface area contributed by atoms with E-state index in [-0.39, 0.29) is 25.7 Å². The van der Waals surface area contributed by atoms with E-state index in [0.29, 0.717) is 25.7 Å². The average molecular weight is 1370 g/mol. The fourth-order valence-corrected chi connectivity index (χ4v) is 12.7. The summed E-state index contributed by atoms with van der Waals surface area (Å²) in [6.07, 6.45) is 47.3. The van der Waals surface area contributed by atoms with Crippen LogP contribution in [0.1, 0.15) is 370 Å². The Morgan fingerprint density at radius 1 is 0.301 bits per heavy atom. The van der Waals surface area contributed by atoms with Crippen molar-refractivity contribution in [3.63, 3.8) is 0 Å². The minimum Gasteiger partial charge on any atom is -0.462 e. The van der Waals surface area contributed by atoms with Gasteiger partial charge in [-0.25, -0.2) is 9.13 Å². The van der Waals surface area contributed by atoms with E-state index in [4.69, 9.17) is 37.0 Å². The number of carbonyl (C=O) groups is 4. The van der Waals surface area contributed by atoms with Gasteiger partial charge >= 0.3 is 39.5 Å². The summed E-state index contributed by atoms with van der Waals surface area (Å²) >= 11 is 0. The van der Waals surface area contributed by atoms with Gasteiger partial charge in [0.05, 0.1) is 26.4 Å². The molecule has 3 N–H and O–H groups in total. The van der Waals surface area contributed by atoms with E-state index in [1.54, 1.807) is 0 Å². The van der Waals surface area contributed by atoms with Crippen LogP contribution in [0.4, 0.5) is 0 Å². The Hall–Kier alpha value is -1.94. The molecule has 7 atom stereocenters. The molecule has 4 unspecified atom stereocenters. The quantitative estimate of drug-likeness (QED) is 0.0222. The largest absolute Gasteiger partial charge is 0.472 e. The molecule has 0 aromatic heterocycles. The van der Waals surface area contributed by atoms with E-state index >= 15 is 0 Å². The number of aliphatic hydroxyl groups is 1. The third-order valence-corrected chi connectivity index (χ3v) is 19.7. The average Bonchev–Trinajstić information content (AvgIpc) is 1.62. The smallest absolute Gasteiger partial charge is 0.462 e. The fraction of sp³-hybridized carbons (Fsp3) is 0.946. The summed E-state index contributed by atoms with van der Waals surface area (Å²) in [4.78, 5) is 72.7. The van der Waals surface area contributed by atoms with Crippen LogP contribution in [0.5, 0.6) is 0 Å². The molecule has 552 valence electrons. The maximum atomic E-state index is 13.1. The monoisotopic (exact) mass is 1370 g/mol. The first-order valence-electron chi connectivity index (χ1n) is 38.3. The third-order valence-electron chi connectivity index (χ3n) is 17.8. The van der Waals surface area contributed by atoms with Crippen LogP contribution in [0.25, 0.3) is 0 Å². The van der Waals surface area contributed by atoms with Crippen LogP contribution < -0.4 is 0 Å². The molecule has 0 aliphatic carbocycles. The van der Waals surface area contributed by atoms with Crippen molar-refractivity contribution in [1.82, 2.24) is 0 Å². The molecular formula is C74H144O17P2. The van der Waals surface area contributed by atoms with Crippen molar-refractivity contribution in [1.29, 1.82) is 0 Å². The highest BCUT2D eigenvalue weighted by atomic mass is 31.2. The Labute approximate surface area is 568 Å². The zero-order valence-corrected chi connectivity index (χ0v) is 62.7. The van der Waals surface area contributed by atoms with Gasteiger partial charge in [-0.1, -0.05) is 319 Å². The lowest BCUT2D eigenvalue weighted by Crippen LogP contribution is -2.30. The molecule has 0 aliphatic rings. The van der Waals surface area contributed by atoms with E-state index in [0.717, 1.165) is 120 Å². The molecule has 0 amide bonds. The second-order valence-corrected chi connectivity index (χ2v) is 31.0. The van der Waals surface area contributed by atoms with Crippen LogP contribution in [0, 0.1) is 23.7 Å². The molecule has 0 fully saturated rings. The summed E-state index contributed by atoms with van der Waals surface area (Å²) < 4.78 is 68.4. The Kier molecular flexibility index (Phi) is 62.2. The van der Waals surface area contributed by atoms with E-state index in [1.165, 1.54) is 167 Å². The topological polar surface area (TPSA) is 237 Å². The molecule has 0 rings (SSSR count). The summed E-state index contributed by atoms with van der Waals surface area (Å²) in [5, 5.41) is 10.6. The van der Waals surface area contributed by atoms with E-state index < -0.39 is 97.5 Å². The number of ether oxygens (including phenoxy) is 4. The van der Waals surface area contributed by atoms with Crippen LogP contribution in [-0.4, -0.2) is 96.7 Å². The number of rotatable bonds is 71. The lowest BCUT2D eigenvalue weighted by Gasteiger charge is -2.21. The standard InChI is InChI=1S/C74H144O17P2/c1-9-66(7)52-44-36-30-32-39-47-55-72(77)85-61-70(91-74(79)57-49-41-33-31-37-45-53-67(8)10-2)63-89-93(82,83)87-59-68(75)58-86-92(80,81)88-62-69(90-73(78)56-48-40-29-25-21-17-13-15-19-23-27-35-43-51-65(5)6)60-84-71(76)54-46-38-28-24-20-16-12-11-14-18-22-26-34-42-50-64(3)4/h64-70,75H,9-63H2,1-8H3,(H,80,81)(H,82,83)/t66?,67?,68-,69-,70-/m1/s1. The van der Waals surface area contributed by atoms with Crippen LogP contribution in [0.3, 0.4) is 0 Å². The minimum absolute atomic E-state index is 0.102. The molecule has 0 radical (unpaired) electrons. The first-order chi connectivity index (χ1) is 44.7. The molecular weight excluding hydrogens is 1220 g/mol. The number of carbonyl (C=O) groups excluding carboxylic acids is 4. The summed E-state index contributed by atoms with van der Waals surface area (Å²) in [5.41, 5.74) is 0. The van der Waals surface area contributed by atoms with Gasteiger partial charge in [-0.2, -0.15) is 0 Å². The molecule has 0 aliphatic heterocycles. The number of phosphoric acid groups is 2. The van der Waals surface area contributed by atoms with Crippen molar-refractivity contribution in [3.8, 4) is 0 Å². The van der Waals surface area contributed by atoms with Gasteiger partial charge in [-0.05, 0) is 49.4 Å². The normalized spacial score (nSPS) is 14.8. The first kappa shape index (κ1) is 91.1. The van der Waals surface area contributed by atoms with E-state index in [2.05, 4.69) is 55.4 Å². The van der Waals surface area contributed by atoms with Crippen molar-refractivity contribution in [2.45, 2.75) is 388 Å². The van der Waals surface area contributed by atoms with Crippen molar-refractivity contribution in [2.75, 3.05) is 39.6 Å². The lowest BCUT2D eigenvalue weighted by atomic mass is 10.00. The van der Waals surface area contributed by atoms with Gasteiger partial charge in [0, 0.05) is 25.7 Å². The summed E-state index contributed by atoms with van der Waals surface area (Å²) in [5.74, 6) is 0.910. The van der Waals surface area contributed by atoms with Crippen LogP contribution in [0.15, 0.2) is 0 Å². The highest BCUT2D eigenvalue weighted by Gasteiger charge is 2.30. The number of phosphoric ester groups is 2. The Morgan fingerprint density at radius 3 is 0.763 bits per heavy atom. The predicted octanol–water partition coefficient (Wildman–Crippen LogP) is 21.3. The van der Waals surface area contributed by atoms with Crippen LogP contribution in [-0.2, 0) is 65.4 Å². The van der Waals surface area contributed by atoms with Crippen LogP contribution >= 0.6 is 15.6 Å². The summed E-state index contributed by atoms with van der Waals surface area (Å²) in [7, 11) is -9.91. The SMILES string of the molecule is CCC(C)CCCCCCCCC(=O)OC[C@H](COP(=O)(O)OC[C@H](O)COP(=O)(O)OC[C@@H](COC(=O)CCCCCCCCCCCCCCCCC(C)C)OC(=O)CCCCCCCCCCCCCCCC(C)C)OC(=O)CCCCCCCCC(C)CC. The van der Waals surface area contributed by atoms with Gasteiger partial charge < -0.3 is 33.8 Å². The second-order valence-electron chi connectivity index (χ2n) is 28.1. The van der Waals surface area contributed by atoms with E-state index in [9.17, 15) is 43.2 Å². The van der Waals surface area contributed by atoms with Crippen molar-refractivity contribution >= 4 is 39.5 Å². The van der Waals surface area contributed by atoms with E-state index in [1.807, 2.05) is 0 Å². The van der Waals surface area contributed by atoms with Gasteiger partial charge in [0.25, 0.3) is 0 Å². The Bertz CT molecular complexity index is 1840. The van der Waals surface area contributed by atoms with Gasteiger partial charge in [-0.3, -0.25) is 37.3 Å². The number of esters is 4. The predicted molar refractivity (Wildman–Crippen MR) is 377 cm³/mol. The first-order valence-corrected chi connectivity index (χ1v) is 41.3. The van der Waals surface area contributed by atoms with Gasteiger partial charge in [-0.15, -0.1) is 0 Å². The van der Waals surface area contributed by atoms with Crippen molar-refractivity contribution in [2.24, 2.45) is 23.7 Å². The summed E-state index contributed by atoms with van der Waals surface area (Å²) in [6.45, 7) is 14.1. The maximum absolute atomic E-state index is 13.1. The molecule has 0 saturated heterocycles. The van der Waals surface area contributed by atoms with Crippen molar-refractivity contribution < 1.29 is 80.2 Å². The lowest BCUT2D eigenvalue weighted by molar-refractivity contribution is -0.161. The molecule has 0 aromatic rings. The zero-order valence-electron chi connectivity index (χ0n) is 60.9. The third kappa shape index (κ3) is 65.8. The fourth-order valence-electron chi connectivity index (χ4n) is 11.1. The molecule has 93 heavy (non-hydrogen) atoms. The minimum atomic E-state index is -4.96. The van der Waals surface area contributed by atoms with Crippen LogP contribution in [0.2, 0.25) is 0 Å². The van der Waals surface area contributed by atoms with Gasteiger partial charge in [0.15, 0.2) is 12.2 Å². The van der Waals surface area contributed by atoms with Gasteiger partial charge in [0.1, 0.15) is 19.3 Å². The second kappa shape index (κ2) is 63.5. The number of unbranched alkanes of at least 4 members (excludes halogenated alkanes) is 35. The number of aliphatic hydroxyl groups excluding tert-OH is 1.